The fourth-order valence-corrected chi connectivity index (χ4v) is 3.05. The minimum absolute atomic E-state index is 0.308. The zero-order chi connectivity index (χ0) is 18.0. The molecule has 0 aliphatic carbocycles. The average Bonchev–Trinajstić information content (AvgIpc) is 3.00. The molecule has 1 fully saturated rings. The van der Waals surface area contributed by atoms with Crippen LogP contribution in [-0.4, -0.2) is 18.4 Å². The number of carbonyl (C=O) groups is 2. The summed E-state index contributed by atoms with van der Waals surface area (Å²) in [5, 5.41) is 4.88. The Bertz CT molecular complexity index is 785. The number of benzene rings is 2. The fraction of sp³-hybridized carbons (Fsp3) is 0.263. The lowest BCUT2D eigenvalue weighted by Crippen LogP contribution is -2.32. The van der Waals surface area contributed by atoms with Gasteiger partial charge in [-0.15, -0.1) is 0 Å². The number of hydrogen-bond donors (Lipinski definition) is 2. The van der Waals surface area contributed by atoms with Gasteiger partial charge in [-0.3, -0.25) is 9.59 Å². The first kappa shape index (κ1) is 17.1. The Balaban J connectivity index is 1.85. The highest BCUT2D eigenvalue weighted by Gasteiger charge is 2.41. The van der Waals surface area contributed by atoms with Crippen LogP contribution in [0.2, 0.25) is 0 Å². The molecule has 1 aliphatic heterocycles. The van der Waals surface area contributed by atoms with Gasteiger partial charge < -0.3 is 10.6 Å². The van der Waals surface area contributed by atoms with Crippen molar-refractivity contribution in [2.75, 3.05) is 11.9 Å². The van der Waals surface area contributed by atoms with Crippen LogP contribution in [0.15, 0.2) is 42.5 Å². The van der Waals surface area contributed by atoms with Crippen molar-refractivity contribution in [3.63, 3.8) is 0 Å². The molecule has 1 heterocycles. The molecule has 4 nitrogen and oxygen atoms in total. The Morgan fingerprint density at radius 1 is 1.16 bits per heavy atom. The summed E-state index contributed by atoms with van der Waals surface area (Å²) >= 11 is 0. The van der Waals surface area contributed by atoms with E-state index in [4.69, 9.17) is 0 Å². The van der Waals surface area contributed by atoms with Gasteiger partial charge in [-0.2, -0.15) is 0 Å². The zero-order valence-electron chi connectivity index (χ0n) is 13.7. The van der Waals surface area contributed by atoms with Crippen LogP contribution in [0.5, 0.6) is 0 Å². The van der Waals surface area contributed by atoms with Gasteiger partial charge in [-0.1, -0.05) is 37.3 Å². The van der Waals surface area contributed by atoms with Gasteiger partial charge in [-0.25, -0.2) is 8.78 Å². The first-order chi connectivity index (χ1) is 12.0. The highest BCUT2D eigenvalue weighted by Crippen LogP contribution is 2.31. The third-order valence-corrected chi connectivity index (χ3v) is 4.49. The van der Waals surface area contributed by atoms with E-state index < -0.39 is 35.1 Å². The van der Waals surface area contributed by atoms with Crippen LogP contribution in [0.4, 0.5) is 14.5 Å². The molecule has 25 heavy (non-hydrogen) atoms. The average molecular weight is 344 g/mol. The van der Waals surface area contributed by atoms with Gasteiger partial charge in [0.1, 0.15) is 23.2 Å². The molecular formula is C19H18F2N2O2. The maximum atomic E-state index is 13.7. The van der Waals surface area contributed by atoms with Gasteiger partial charge in [0.05, 0.1) is 0 Å². The number of rotatable bonds is 4. The van der Waals surface area contributed by atoms with Crippen molar-refractivity contribution in [1.29, 1.82) is 0 Å². The van der Waals surface area contributed by atoms with E-state index in [9.17, 15) is 18.4 Å². The molecule has 130 valence electrons. The number of hydrogen-bond acceptors (Lipinski definition) is 2. The van der Waals surface area contributed by atoms with Crippen LogP contribution in [0, 0.1) is 17.6 Å². The molecule has 2 amide bonds. The molecule has 0 bridgehead atoms. The second kappa shape index (κ2) is 7.01. The van der Waals surface area contributed by atoms with Crippen molar-refractivity contribution >= 4 is 17.5 Å². The monoisotopic (exact) mass is 344 g/mol. The number of aryl methyl sites for hydroxylation is 1. The van der Waals surface area contributed by atoms with E-state index in [-0.39, 0.29) is 5.92 Å². The number of amides is 2. The number of anilines is 1. The quantitative estimate of drug-likeness (QED) is 0.838. The van der Waals surface area contributed by atoms with Crippen LogP contribution in [0.25, 0.3) is 0 Å². The van der Waals surface area contributed by atoms with E-state index in [0.717, 1.165) is 29.7 Å². The molecule has 0 aromatic heterocycles. The van der Waals surface area contributed by atoms with Crippen LogP contribution in [0.3, 0.4) is 0 Å². The van der Waals surface area contributed by atoms with Gasteiger partial charge in [0, 0.05) is 12.5 Å². The van der Waals surface area contributed by atoms with Gasteiger partial charge in [0.15, 0.2) is 0 Å². The fourth-order valence-electron chi connectivity index (χ4n) is 3.05. The third-order valence-electron chi connectivity index (χ3n) is 4.49. The van der Waals surface area contributed by atoms with Gasteiger partial charge in [0.25, 0.3) is 0 Å². The maximum Gasteiger partial charge on any atom is 0.237 e. The Labute approximate surface area is 144 Å². The van der Waals surface area contributed by atoms with Gasteiger partial charge in [0.2, 0.25) is 11.8 Å². The van der Waals surface area contributed by atoms with Crippen LogP contribution < -0.4 is 10.6 Å². The molecule has 6 heteroatoms. The molecule has 0 radical (unpaired) electrons. The molecule has 2 atom stereocenters. The summed E-state index contributed by atoms with van der Waals surface area (Å²) in [5.74, 6) is -4.34. The largest absolute Gasteiger partial charge is 0.355 e. The van der Waals surface area contributed by atoms with E-state index in [1.54, 1.807) is 0 Å². The van der Waals surface area contributed by atoms with E-state index in [2.05, 4.69) is 10.6 Å². The van der Waals surface area contributed by atoms with Gasteiger partial charge >= 0.3 is 0 Å². The molecule has 2 N–H and O–H groups in total. The van der Waals surface area contributed by atoms with Crippen molar-refractivity contribution in [3.8, 4) is 0 Å². The first-order valence-electron chi connectivity index (χ1n) is 8.12. The van der Waals surface area contributed by atoms with Crippen LogP contribution >= 0.6 is 0 Å². The number of nitrogens with one attached hydrogen (secondary N) is 2. The standard InChI is InChI=1S/C19H18F2N2O2/c1-2-11-6-8-12(9-7-11)13-10-22-18(24)16(13)19(25)23-17-14(20)4-3-5-15(17)21/h3-9,13,16H,2,10H2,1H3,(H,22,24)(H,23,25)/t13-,16-/m1/s1. The maximum absolute atomic E-state index is 13.7. The lowest BCUT2D eigenvalue weighted by atomic mass is 9.87. The lowest BCUT2D eigenvalue weighted by Gasteiger charge is -2.17. The Kier molecular flexibility index (Phi) is 4.79. The smallest absolute Gasteiger partial charge is 0.237 e. The summed E-state index contributed by atoms with van der Waals surface area (Å²) < 4.78 is 27.5. The molecule has 0 saturated carbocycles. The van der Waals surface area contributed by atoms with Crippen molar-refractivity contribution in [1.82, 2.24) is 5.32 Å². The summed E-state index contributed by atoms with van der Waals surface area (Å²) in [7, 11) is 0. The molecule has 0 unspecified atom stereocenters. The lowest BCUT2D eigenvalue weighted by molar-refractivity contribution is -0.130. The summed E-state index contributed by atoms with van der Waals surface area (Å²) in [6.45, 7) is 2.34. The molecule has 2 aromatic rings. The van der Waals surface area contributed by atoms with Crippen LogP contribution in [-0.2, 0) is 16.0 Å². The van der Waals surface area contributed by atoms with Crippen molar-refractivity contribution in [2.45, 2.75) is 19.3 Å². The van der Waals surface area contributed by atoms with E-state index in [1.165, 1.54) is 6.07 Å². The van der Waals surface area contributed by atoms with E-state index in [0.29, 0.717) is 6.54 Å². The molecule has 1 aliphatic rings. The molecule has 3 rings (SSSR count). The molecule has 1 saturated heterocycles. The Hall–Kier alpha value is -2.76. The molecular weight excluding hydrogens is 326 g/mol. The van der Waals surface area contributed by atoms with Crippen LogP contribution in [0.1, 0.15) is 24.0 Å². The van der Waals surface area contributed by atoms with E-state index in [1.807, 2.05) is 31.2 Å². The third kappa shape index (κ3) is 3.38. The summed E-state index contributed by atoms with van der Waals surface area (Å²) in [6.07, 6.45) is 0.888. The normalized spacial score (nSPS) is 19.6. The minimum Gasteiger partial charge on any atom is -0.355 e. The zero-order valence-corrected chi connectivity index (χ0v) is 13.7. The van der Waals surface area contributed by atoms with Crippen molar-refractivity contribution < 1.29 is 18.4 Å². The summed E-state index contributed by atoms with van der Waals surface area (Å²) in [4.78, 5) is 24.7. The Morgan fingerprint density at radius 2 is 1.80 bits per heavy atom. The second-order valence-electron chi connectivity index (χ2n) is 6.01. The van der Waals surface area contributed by atoms with Gasteiger partial charge in [-0.05, 0) is 29.7 Å². The molecule has 0 spiro atoms. The minimum atomic E-state index is -1.04. The van der Waals surface area contributed by atoms with Crippen molar-refractivity contribution in [2.24, 2.45) is 5.92 Å². The highest BCUT2D eigenvalue weighted by atomic mass is 19.1. The predicted octanol–water partition coefficient (Wildman–Crippen LogP) is 3.00. The SMILES string of the molecule is CCc1ccc([C@H]2CNC(=O)[C@@H]2C(=O)Nc2c(F)cccc2F)cc1. The highest BCUT2D eigenvalue weighted by molar-refractivity contribution is 6.08. The Morgan fingerprint density at radius 3 is 2.40 bits per heavy atom. The summed E-state index contributed by atoms with van der Waals surface area (Å²) in [6, 6.07) is 11.0. The number of halogens is 2. The topological polar surface area (TPSA) is 58.2 Å². The first-order valence-corrected chi connectivity index (χ1v) is 8.12. The van der Waals surface area contributed by atoms with E-state index >= 15 is 0 Å². The van der Waals surface area contributed by atoms with Crippen molar-refractivity contribution in [3.05, 3.63) is 65.2 Å². The second-order valence-corrected chi connectivity index (χ2v) is 6.01. The summed E-state index contributed by atoms with van der Waals surface area (Å²) in [5.41, 5.74) is 1.45. The molecule has 2 aromatic carbocycles. The number of carbonyl (C=O) groups excluding carboxylic acids is 2. The number of para-hydroxylation sites is 1. The predicted molar refractivity (Wildman–Crippen MR) is 90.0 cm³/mol.